The number of hydrogen-bond acceptors (Lipinski definition) is 3. The van der Waals surface area contributed by atoms with Gasteiger partial charge in [0.2, 0.25) is 0 Å². The summed E-state index contributed by atoms with van der Waals surface area (Å²) in [7, 11) is 0. The Hall–Kier alpha value is -0.930. The first-order valence-electron chi connectivity index (χ1n) is 8.46. The molecule has 2 aliphatic rings. The highest BCUT2D eigenvalue weighted by atomic mass is 16.5. The summed E-state index contributed by atoms with van der Waals surface area (Å²) >= 11 is 0. The van der Waals surface area contributed by atoms with Gasteiger partial charge in [0, 0.05) is 29.8 Å². The van der Waals surface area contributed by atoms with Crippen molar-refractivity contribution in [3.8, 4) is 0 Å². The van der Waals surface area contributed by atoms with E-state index in [9.17, 15) is 0 Å². The second-order valence-electron chi connectivity index (χ2n) is 6.76. The molecule has 3 heteroatoms. The zero-order chi connectivity index (χ0) is 15.0. The molecule has 6 unspecified atom stereocenters. The molecule has 1 aromatic rings. The minimum atomic E-state index is 0.326. The number of rotatable bonds is 4. The van der Waals surface area contributed by atoms with Crippen LogP contribution in [0.15, 0.2) is 18.3 Å². The molecule has 1 aliphatic heterocycles. The normalized spacial score (nSPS) is 36.7. The van der Waals surface area contributed by atoms with Gasteiger partial charge in [-0.05, 0) is 50.8 Å². The molecule has 0 aromatic carbocycles. The van der Waals surface area contributed by atoms with Gasteiger partial charge in [0.25, 0.3) is 0 Å². The molecule has 3 nitrogen and oxygen atoms in total. The lowest BCUT2D eigenvalue weighted by atomic mass is 9.77. The zero-order valence-electron chi connectivity index (χ0n) is 13.7. The number of aryl methyl sites for hydroxylation is 1. The molecule has 1 N–H and O–H groups in total. The van der Waals surface area contributed by atoms with E-state index >= 15 is 0 Å². The highest BCUT2D eigenvalue weighted by molar-refractivity contribution is 5.30. The number of nitrogens with one attached hydrogen (secondary N) is 1. The minimum Gasteiger partial charge on any atom is -0.375 e. The number of pyridine rings is 1. The summed E-state index contributed by atoms with van der Waals surface area (Å²) in [6.07, 6.45) is 5.01. The third kappa shape index (κ3) is 2.62. The quantitative estimate of drug-likeness (QED) is 0.924. The summed E-state index contributed by atoms with van der Waals surface area (Å²) < 4.78 is 6.10. The lowest BCUT2D eigenvalue weighted by molar-refractivity contribution is 0.0463. The topological polar surface area (TPSA) is 34.2 Å². The van der Waals surface area contributed by atoms with Gasteiger partial charge in [-0.2, -0.15) is 0 Å². The van der Waals surface area contributed by atoms with E-state index in [1.807, 2.05) is 6.20 Å². The van der Waals surface area contributed by atoms with E-state index in [-0.39, 0.29) is 0 Å². The van der Waals surface area contributed by atoms with E-state index < -0.39 is 0 Å². The predicted octanol–water partition coefficient (Wildman–Crippen LogP) is 3.15. The van der Waals surface area contributed by atoms with Crippen LogP contribution in [0, 0.1) is 11.8 Å². The van der Waals surface area contributed by atoms with E-state index in [0.717, 1.165) is 6.54 Å². The lowest BCUT2D eigenvalue weighted by Gasteiger charge is -2.34. The first-order chi connectivity index (χ1) is 10.1. The van der Waals surface area contributed by atoms with Crippen molar-refractivity contribution < 1.29 is 4.74 Å². The van der Waals surface area contributed by atoms with Crippen LogP contribution in [0.3, 0.4) is 0 Å². The van der Waals surface area contributed by atoms with Crippen molar-refractivity contribution in [1.82, 2.24) is 10.3 Å². The number of hydrogen-bond donors (Lipinski definition) is 1. The van der Waals surface area contributed by atoms with Crippen LogP contribution in [-0.2, 0) is 11.2 Å². The van der Waals surface area contributed by atoms with E-state index in [1.165, 1.54) is 24.1 Å². The fraction of sp³-hybridized carbons (Fsp3) is 0.722. The van der Waals surface area contributed by atoms with Crippen molar-refractivity contribution in [2.75, 3.05) is 6.54 Å². The van der Waals surface area contributed by atoms with Crippen LogP contribution in [0.2, 0.25) is 0 Å². The second-order valence-corrected chi connectivity index (χ2v) is 6.76. The lowest BCUT2D eigenvalue weighted by Crippen LogP contribution is -2.45. The van der Waals surface area contributed by atoms with Crippen LogP contribution in [0.5, 0.6) is 0 Å². The van der Waals surface area contributed by atoms with E-state index in [0.29, 0.717) is 36.0 Å². The molecular weight excluding hydrogens is 260 g/mol. The fourth-order valence-electron chi connectivity index (χ4n) is 4.49. The molecule has 2 heterocycles. The Morgan fingerprint density at radius 1 is 1.33 bits per heavy atom. The van der Waals surface area contributed by atoms with Crippen molar-refractivity contribution in [2.45, 2.75) is 64.7 Å². The second kappa shape index (κ2) is 6.05. The van der Waals surface area contributed by atoms with Gasteiger partial charge in [0.15, 0.2) is 0 Å². The average Bonchev–Trinajstić information content (AvgIpc) is 2.99. The van der Waals surface area contributed by atoms with Crippen LogP contribution < -0.4 is 5.32 Å². The predicted molar refractivity (Wildman–Crippen MR) is 85.4 cm³/mol. The van der Waals surface area contributed by atoms with Gasteiger partial charge in [-0.25, -0.2) is 0 Å². The molecule has 21 heavy (non-hydrogen) atoms. The van der Waals surface area contributed by atoms with Crippen LogP contribution >= 0.6 is 0 Å². The molecule has 0 saturated carbocycles. The van der Waals surface area contributed by atoms with Crippen LogP contribution in [-0.4, -0.2) is 29.8 Å². The summed E-state index contributed by atoms with van der Waals surface area (Å²) in [5, 5.41) is 3.77. The smallest absolute Gasteiger partial charge is 0.0597 e. The Kier molecular flexibility index (Phi) is 4.32. The molecule has 1 saturated heterocycles. The van der Waals surface area contributed by atoms with Gasteiger partial charge in [-0.1, -0.05) is 19.9 Å². The number of likely N-dealkylation sites (N-methyl/N-ethyl adjacent to an activating group) is 1. The van der Waals surface area contributed by atoms with E-state index in [2.05, 4.69) is 45.1 Å². The van der Waals surface area contributed by atoms with Gasteiger partial charge in [-0.3, -0.25) is 4.98 Å². The maximum atomic E-state index is 6.10. The number of aromatic nitrogens is 1. The summed E-state index contributed by atoms with van der Waals surface area (Å²) in [5.74, 6) is 1.69. The third-order valence-corrected chi connectivity index (χ3v) is 5.61. The third-order valence-electron chi connectivity index (χ3n) is 5.61. The highest BCUT2D eigenvalue weighted by Crippen LogP contribution is 2.43. The van der Waals surface area contributed by atoms with Crippen molar-refractivity contribution >= 4 is 0 Å². The number of nitrogens with zero attached hydrogens (tertiary/aromatic N) is 1. The van der Waals surface area contributed by atoms with Crippen molar-refractivity contribution in [2.24, 2.45) is 11.8 Å². The minimum absolute atomic E-state index is 0.326. The number of ether oxygens (including phenoxy) is 1. The molecule has 0 amide bonds. The summed E-state index contributed by atoms with van der Waals surface area (Å²) in [6.45, 7) is 10.0. The molecule has 3 rings (SSSR count). The maximum Gasteiger partial charge on any atom is 0.0597 e. The van der Waals surface area contributed by atoms with E-state index in [1.54, 1.807) is 0 Å². The summed E-state index contributed by atoms with van der Waals surface area (Å²) in [6, 6.07) is 4.78. The van der Waals surface area contributed by atoms with Gasteiger partial charge in [-0.15, -0.1) is 0 Å². The van der Waals surface area contributed by atoms with Crippen molar-refractivity contribution in [3.05, 3.63) is 29.6 Å². The SMILES string of the molecule is CCNC(C1CCc2cccnc21)C1C(C)OC(C)C1C. The average molecular weight is 288 g/mol. The number of fused-ring (bicyclic) bond motifs is 1. The first-order valence-corrected chi connectivity index (χ1v) is 8.46. The molecule has 0 bridgehead atoms. The Morgan fingerprint density at radius 3 is 2.81 bits per heavy atom. The summed E-state index contributed by atoms with van der Waals surface area (Å²) in [5.41, 5.74) is 2.76. The van der Waals surface area contributed by atoms with E-state index in [4.69, 9.17) is 9.72 Å². The Bertz CT molecular complexity index is 490. The van der Waals surface area contributed by atoms with Gasteiger partial charge in [0.1, 0.15) is 0 Å². The molecule has 6 atom stereocenters. The summed E-state index contributed by atoms with van der Waals surface area (Å²) in [4.78, 5) is 4.70. The van der Waals surface area contributed by atoms with Gasteiger partial charge >= 0.3 is 0 Å². The van der Waals surface area contributed by atoms with Crippen LogP contribution in [0.1, 0.15) is 51.3 Å². The Balaban J connectivity index is 1.89. The van der Waals surface area contributed by atoms with Crippen LogP contribution in [0.25, 0.3) is 0 Å². The standard InChI is InChI=1S/C18H28N2O/c1-5-19-18(16-11(2)12(3)21-13(16)4)15-9-8-14-7-6-10-20-17(14)15/h6-7,10-13,15-16,18-19H,5,8-9H2,1-4H3. The Labute approximate surface area is 128 Å². The van der Waals surface area contributed by atoms with Crippen molar-refractivity contribution in [3.63, 3.8) is 0 Å². The zero-order valence-corrected chi connectivity index (χ0v) is 13.7. The molecule has 1 aromatic heterocycles. The molecular formula is C18H28N2O. The molecule has 0 radical (unpaired) electrons. The van der Waals surface area contributed by atoms with Gasteiger partial charge < -0.3 is 10.1 Å². The van der Waals surface area contributed by atoms with Crippen molar-refractivity contribution in [1.29, 1.82) is 0 Å². The fourth-order valence-corrected chi connectivity index (χ4v) is 4.49. The Morgan fingerprint density at radius 2 is 2.14 bits per heavy atom. The van der Waals surface area contributed by atoms with Crippen LogP contribution in [0.4, 0.5) is 0 Å². The van der Waals surface area contributed by atoms with Gasteiger partial charge in [0.05, 0.1) is 12.2 Å². The highest BCUT2D eigenvalue weighted by Gasteiger charge is 2.45. The maximum absolute atomic E-state index is 6.10. The molecule has 116 valence electrons. The largest absolute Gasteiger partial charge is 0.375 e. The monoisotopic (exact) mass is 288 g/mol. The molecule has 1 fully saturated rings. The first kappa shape index (κ1) is 15.0. The molecule has 1 aliphatic carbocycles. The molecule has 0 spiro atoms.